The quantitative estimate of drug-likeness (QED) is 0.0661. The first-order valence-corrected chi connectivity index (χ1v) is 31.5. The second kappa shape index (κ2) is 36.1. The van der Waals surface area contributed by atoms with E-state index in [-0.39, 0.29) is 64.8 Å². The Kier molecular flexibility index (Phi) is 25.9. The molecular formula is C73H80N4O16. The zero-order valence-electron chi connectivity index (χ0n) is 52.0. The number of hydrogen-bond donors (Lipinski definition) is 4. The molecule has 7 aromatic carbocycles. The monoisotopic (exact) mass is 1270 g/mol. The van der Waals surface area contributed by atoms with Crippen molar-refractivity contribution in [2.75, 3.05) is 112 Å². The molecule has 0 saturated heterocycles. The fourth-order valence-electron chi connectivity index (χ4n) is 10.9. The van der Waals surface area contributed by atoms with Gasteiger partial charge in [-0.05, 0) is 74.8 Å². The zero-order valence-corrected chi connectivity index (χ0v) is 52.0. The molecule has 0 saturated carbocycles. The third-order valence-electron chi connectivity index (χ3n) is 15.5. The predicted octanol–water partition coefficient (Wildman–Crippen LogP) is 9.14. The molecule has 0 fully saturated rings. The summed E-state index contributed by atoms with van der Waals surface area (Å²) >= 11 is 0. The molecule has 3 atom stereocenters. The van der Waals surface area contributed by atoms with Crippen molar-refractivity contribution in [3.8, 4) is 34.1 Å². The highest BCUT2D eigenvalue weighted by molar-refractivity contribution is 5.94. The van der Waals surface area contributed by atoms with Gasteiger partial charge in [-0.25, -0.2) is 9.59 Å². The van der Waals surface area contributed by atoms with Crippen LogP contribution in [0, 0.1) is 0 Å². The number of nitrogens with one attached hydrogen (secondary N) is 4. The van der Waals surface area contributed by atoms with E-state index in [2.05, 4.69) is 33.1 Å². The lowest BCUT2D eigenvalue weighted by Gasteiger charge is -2.25. The lowest BCUT2D eigenvalue weighted by molar-refractivity contribution is -0.149. The molecule has 10 rings (SSSR count). The van der Waals surface area contributed by atoms with Crippen molar-refractivity contribution >= 4 is 34.8 Å². The minimum absolute atomic E-state index is 0.0208. The minimum atomic E-state index is -1.24. The van der Waals surface area contributed by atoms with Crippen molar-refractivity contribution in [3.63, 3.8) is 0 Å². The Hall–Kier alpha value is -9.28. The van der Waals surface area contributed by atoms with Gasteiger partial charge < -0.3 is 77.8 Å². The number of benzene rings is 7. The van der Waals surface area contributed by atoms with E-state index >= 15 is 0 Å². The van der Waals surface area contributed by atoms with Crippen LogP contribution in [0.3, 0.4) is 0 Å². The van der Waals surface area contributed by atoms with Crippen molar-refractivity contribution in [3.05, 3.63) is 216 Å². The second-order valence-corrected chi connectivity index (χ2v) is 22.1. The first-order valence-electron chi connectivity index (χ1n) is 31.5. The Morgan fingerprint density at radius 1 is 0.409 bits per heavy atom. The highest BCUT2D eigenvalue weighted by atomic mass is 16.6. The van der Waals surface area contributed by atoms with Gasteiger partial charge in [0.25, 0.3) is 0 Å². The number of fused-ring (bicyclic) bond motifs is 8. The number of hydrogen-bond acceptors (Lipinski definition) is 16. The van der Waals surface area contributed by atoms with Crippen LogP contribution in [0.2, 0.25) is 0 Å². The number of aromatic amines is 1. The molecule has 488 valence electrons. The summed E-state index contributed by atoms with van der Waals surface area (Å²) in [5.41, 5.74) is 7.86. The highest BCUT2D eigenvalue weighted by Gasteiger charge is 2.33. The molecule has 0 spiro atoms. The van der Waals surface area contributed by atoms with Crippen molar-refractivity contribution in [2.24, 2.45) is 0 Å². The van der Waals surface area contributed by atoms with Gasteiger partial charge in [0.1, 0.15) is 80.8 Å². The molecule has 0 unspecified atom stereocenters. The smallest absolute Gasteiger partial charge is 0.407 e. The van der Waals surface area contributed by atoms with Crippen LogP contribution in [-0.4, -0.2) is 159 Å². The number of amides is 3. The maximum absolute atomic E-state index is 14.9. The summed E-state index contributed by atoms with van der Waals surface area (Å²) in [5, 5.41) is 9.62. The average Bonchev–Trinajstić information content (AvgIpc) is 1.64. The van der Waals surface area contributed by atoms with E-state index in [0.29, 0.717) is 108 Å². The standard InChI is InChI=1S/C73H80N4O16/c78-70(67(44-52-14-3-1-4-15-52)75-71(79)68(46-55-49-74-66-25-12-11-20-60(55)66)77-73(81)93-51-65-63-23-9-7-21-61(63)62-22-8-10-24-64(62)65)76-69(45-53-16-5-2-6-17-53)72(80)92-50-54-42-58-48-59(43-54)91-41-37-87-33-29-83-27-31-85-35-39-89-57-19-13-18-56(47-57)88-38-34-84-30-26-82-28-32-86-36-40-90-58/h1-25,42-43,47-49,65,67-69,74H,26-41,44-46,50-51H2,(H,75,79)(H,76,78)(H,77,81)/t67-,68-,69-/m0/s1. The first kappa shape index (κ1) is 66.6. The van der Waals surface area contributed by atoms with E-state index in [4.69, 9.17) is 56.8 Å². The Bertz CT molecular complexity index is 3520. The zero-order chi connectivity index (χ0) is 64.1. The molecule has 1 aliphatic carbocycles. The average molecular weight is 1270 g/mol. The van der Waals surface area contributed by atoms with Gasteiger partial charge in [0.2, 0.25) is 11.8 Å². The summed E-state index contributed by atoms with van der Waals surface area (Å²) in [4.78, 5) is 61.7. The van der Waals surface area contributed by atoms with Crippen molar-refractivity contribution in [2.45, 2.75) is 49.9 Å². The van der Waals surface area contributed by atoms with Gasteiger partial charge in [0, 0.05) is 54.4 Å². The number of H-pyrrole nitrogens is 1. The third kappa shape index (κ3) is 20.9. The lowest BCUT2D eigenvalue weighted by atomic mass is 9.98. The molecule has 2 aliphatic rings. The largest absolute Gasteiger partial charge is 0.491 e. The van der Waals surface area contributed by atoms with E-state index < -0.39 is 42.0 Å². The highest BCUT2D eigenvalue weighted by Crippen LogP contribution is 2.44. The summed E-state index contributed by atoms with van der Waals surface area (Å²) in [7, 11) is 0. The Morgan fingerprint density at radius 3 is 1.38 bits per heavy atom. The summed E-state index contributed by atoms with van der Waals surface area (Å²) in [6.07, 6.45) is 1.14. The van der Waals surface area contributed by atoms with E-state index in [1.807, 2.05) is 146 Å². The Morgan fingerprint density at radius 2 is 0.839 bits per heavy atom. The van der Waals surface area contributed by atoms with Gasteiger partial charge in [-0.2, -0.15) is 0 Å². The number of rotatable bonds is 16. The number of carbonyl (C=O) groups is 4. The maximum atomic E-state index is 14.9. The molecule has 93 heavy (non-hydrogen) atoms. The van der Waals surface area contributed by atoms with Crippen LogP contribution in [0.15, 0.2) is 182 Å². The van der Waals surface area contributed by atoms with E-state index in [9.17, 15) is 19.2 Å². The van der Waals surface area contributed by atoms with Crippen LogP contribution in [0.4, 0.5) is 4.79 Å². The summed E-state index contributed by atoms with van der Waals surface area (Å²) in [5.74, 6) is -0.0300. The summed E-state index contributed by atoms with van der Waals surface area (Å²) < 4.78 is 70.3. The van der Waals surface area contributed by atoms with Crippen molar-refractivity contribution in [1.29, 1.82) is 0 Å². The fourth-order valence-corrected chi connectivity index (χ4v) is 10.9. The topological polar surface area (TPSA) is 231 Å². The molecule has 0 radical (unpaired) electrons. The van der Waals surface area contributed by atoms with Crippen LogP contribution in [0.25, 0.3) is 22.0 Å². The second-order valence-electron chi connectivity index (χ2n) is 22.1. The van der Waals surface area contributed by atoms with Crippen molar-refractivity contribution in [1.82, 2.24) is 20.9 Å². The molecule has 4 N–H and O–H groups in total. The number of alkyl carbamates (subject to hydrolysis) is 1. The number of para-hydroxylation sites is 1. The molecule has 1 aliphatic heterocycles. The number of ether oxygens (including phenoxy) is 12. The normalized spacial score (nSPS) is 16.0. The number of carbonyl (C=O) groups excluding carboxylic acids is 4. The Balaban J connectivity index is 0.794. The van der Waals surface area contributed by atoms with Crippen LogP contribution in [-0.2, 0) is 78.1 Å². The van der Waals surface area contributed by atoms with Crippen LogP contribution in [0.5, 0.6) is 23.0 Å². The minimum Gasteiger partial charge on any atom is -0.491 e. The maximum Gasteiger partial charge on any atom is 0.407 e. The van der Waals surface area contributed by atoms with E-state index in [0.717, 1.165) is 49.8 Å². The molecule has 4 bridgehead atoms. The summed E-state index contributed by atoms with van der Waals surface area (Å²) in [6.45, 7) is 5.13. The molecular weight excluding hydrogens is 1190 g/mol. The van der Waals surface area contributed by atoms with E-state index in [1.54, 1.807) is 24.4 Å². The van der Waals surface area contributed by atoms with Gasteiger partial charge in [-0.1, -0.05) is 133 Å². The predicted molar refractivity (Wildman–Crippen MR) is 348 cm³/mol. The molecule has 3 amide bonds. The molecule has 1 aromatic heterocycles. The summed E-state index contributed by atoms with van der Waals surface area (Å²) in [6, 6.07) is 51.1. The fraction of sp³-hybridized carbons (Fsp3) is 0.342. The third-order valence-corrected chi connectivity index (χ3v) is 15.5. The van der Waals surface area contributed by atoms with Gasteiger partial charge in [-0.3, -0.25) is 9.59 Å². The first-order chi connectivity index (χ1) is 45.8. The Labute approximate surface area is 541 Å². The molecule has 2 heterocycles. The van der Waals surface area contributed by atoms with Gasteiger partial charge in [0.05, 0.1) is 79.3 Å². The van der Waals surface area contributed by atoms with E-state index in [1.165, 1.54) is 0 Å². The van der Waals surface area contributed by atoms with Gasteiger partial charge in [-0.15, -0.1) is 0 Å². The van der Waals surface area contributed by atoms with Crippen LogP contribution in [0.1, 0.15) is 39.3 Å². The van der Waals surface area contributed by atoms with Crippen LogP contribution >= 0.6 is 0 Å². The molecule has 8 aromatic rings. The lowest BCUT2D eigenvalue weighted by Crippen LogP contribution is -2.57. The molecule has 20 heteroatoms. The van der Waals surface area contributed by atoms with Gasteiger partial charge >= 0.3 is 12.1 Å². The van der Waals surface area contributed by atoms with Gasteiger partial charge in [0.15, 0.2) is 0 Å². The SMILES string of the molecule is O=C(N[C@@H](Cc1c[nH]c2ccccc12)C(=O)N[C@@H](Cc1ccccc1)C(=O)N[C@@H](Cc1ccccc1)C(=O)OCc1cc2cc(c1)OCCOCCOCCOCCOc1cccc(c1)OCCOCCOCCOCCO2)OCC1c2ccccc2-c2ccccc21. The van der Waals surface area contributed by atoms with Crippen molar-refractivity contribution < 1.29 is 76.0 Å². The number of aromatic nitrogens is 1. The number of esters is 1. The molecule has 20 nitrogen and oxygen atoms in total. The van der Waals surface area contributed by atoms with Crippen LogP contribution < -0.4 is 34.9 Å².